The van der Waals surface area contributed by atoms with E-state index in [0.717, 1.165) is 6.42 Å². The van der Waals surface area contributed by atoms with E-state index >= 15 is 0 Å². The van der Waals surface area contributed by atoms with Crippen LogP contribution in [0.3, 0.4) is 0 Å². The second-order valence-electron chi connectivity index (χ2n) is 5.56. The Morgan fingerprint density at radius 1 is 1.32 bits per heavy atom. The molecule has 1 amide bonds. The van der Waals surface area contributed by atoms with Crippen LogP contribution >= 0.6 is 0 Å². The van der Waals surface area contributed by atoms with Gasteiger partial charge < -0.3 is 15.2 Å². The van der Waals surface area contributed by atoms with Crippen LogP contribution in [0.1, 0.15) is 43.1 Å². The second kappa shape index (κ2) is 9.20. The number of hydrogen-bond acceptors (Lipinski definition) is 3. The van der Waals surface area contributed by atoms with Crippen molar-refractivity contribution in [3.8, 4) is 0 Å². The molecule has 1 atom stereocenters. The number of benzene rings is 1. The molecule has 0 heterocycles. The highest BCUT2D eigenvalue weighted by Crippen LogP contribution is 2.10. The molecule has 122 valence electrons. The van der Waals surface area contributed by atoms with E-state index in [1.807, 2.05) is 6.92 Å². The number of rotatable bonds is 9. The van der Waals surface area contributed by atoms with E-state index in [4.69, 9.17) is 9.84 Å². The highest BCUT2D eigenvalue weighted by Gasteiger charge is 2.13. The molecule has 0 spiro atoms. The molecular weight excluding hydrogens is 282 g/mol. The number of carbonyl (C=O) groups is 2. The standard InChI is InChI=1S/C17H25NO4/c1-4-22-15(12(2)3)8-9-18-16(19)11-13-6-5-7-14(10-13)17(20)21/h5-7,10,12,15H,4,8-9,11H2,1-3H3,(H,18,19)(H,20,21). The Balaban J connectivity index is 2.43. The maximum Gasteiger partial charge on any atom is 0.335 e. The number of amides is 1. The molecule has 22 heavy (non-hydrogen) atoms. The van der Waals surface area contributed by atoms with E-state index in [1.165, 1.54) is 12.1 Å². The van der Waals surface area contributed by atoms with Gasteiger partial charge in [0.25, 0.3) is 0 Å². The number of aromatic carboxylic acids is 1. The van der Waals surface area contributed by atoms with Crippen LogP contribution in [0.2, 0.25) is 0 Å². The Kier molecular flexibility index (Phi) is 7.60. The van der Waals surface area contributed by atoms with Crippen molar-refractivity contribution in [1.82, 2.24) is 5.32 Å². The van der Waals surface area contributed by atoms with Gasteiger partial charge in [0.2, 0.25) is 5.91 Å². The third-order valence-electron chi connectivity index (χ3n) is 3.41. The fourth-order valence-corrected chi connectivity index (χ4v) is 2.24. The molecule has 5 heteroatoms. The molecule has 0 aliphatic rings. The van der Waals surface area contributed by atoms with Crippen molar-refractivity contribution in [3.05, 3.63) is 35.4 Å². The summed E-state index contributed by atoms with van der Waals surface area (Å²) in [6, 6.07) is 6.44. The molecule has 2 N–H and O–H groups in total. The van der Waals surface area contributed by atoms with Crippen molar-refractivity contribution >= 4 is 11.9 Å². The van der Waals surface area contributed by atoms with Crippen molar-refractivity contribution in [2.45, 2.75) is 39.7 Å². The normalized spacial score (nSPS) is 12.2. The van der Waals surface area contributed by atoms with E-state index in [1.54, 1.807) is 12.1 Å². The number of ether oxygens (including phenoxy) is 1. The van der Waals surface area contributed by atoms with E-state index in [0.29, 0.717) is 24.6 Å². The van der Waals surface area contributed by atoms with Crippen molar-refractivity contribution in [3.63, 3.8) is 0 Å². The summed E-state index contributed by atoms with van der Waals surface area (Å²) in [5.74, 6) is -0.690. The summed E-state index contributed by atoms with van der Waals surface area (Å²) in [7, 11) is 0. The van der Waals surface area contributed by atoms with E-state index in [2.05, 4.69) is 19.2 Å². The minimum absolute atomic E-state index is 0.110. The molecule has 0 fully saturated rings. The van der Waals surface area contributed by atoms with Crippen LogP contribution in [-0.4, -0.2) is 36.2 Å². The van der Waals surface area contributed by atoms with Gasteiger partial charge >= 0.3 is 5.97 Å². The Morgan fingerprint density at radius 2 is 2.05 bits per heavy atom. The van der Waals surface area contributed by atoms with Gasteiger partial charge in [-0.1, -0.05) is 26.0 Å². The number of carbonyl (C=O) groups excluding carboxylic acids is 1. The number of carboxylic acids is 1. The lowest BCUT2D eigenvalue weighted by Gasteiger charge is -2.20. The molecular formula is C17H25NO4. The third-order valence-corrected chi connectivity index (χ3v) is 3.41. The molecule has 0 saturated carbocycles. The first kappa shape index (κ1) is 18.2. The molecule has 1 unspecified atom stereocenters. The fraction of sp³-hybridized carbons (Fsp3) is 0.529. The minimum atomic E-state index is -0.987. The van der Waals surface area contributed by atoms with Crippen LogP contribution in [0, 0.1) is 5.92 Å². The van der Waals surface area contributed by atoms with E-state index in [-0.39, 0.29) is 24.0 Å². The number of nitrogens with one attached hydrogen (secondary N) is 1. The van der Waals surface area contributed by atoms with Gasteiger partial charge in [-0.3, -0.25) is 4.79 Å². The quantitative estimate of drug-likeness (QED) is 0.735. The molecule has 0 bridgehead atoms. The lowest BCUT2D eigenvalue weighted by Crippen LogP contribution is -2.31. The third kappa shape index (κ3) is 6.26. The predicted molar refractivity (Wildman–Crippen MR) is 85.0 cm³/mol. The van der Waals surface area contributed by atoms with Crippen LogP contribution in [0.25, 0.3) is 0 Å². The van der Waals surface area contributed by atoms with E-state index < -0.39 is 5.97 Å². The molecule has 0 aromatic heterocycles. The van der Waals surface area contributed by atoms with Crippen molar-refractivity contribution < 1.29 is 19.4 Å². The summed E-state index contributed by atoms with van der Waals surface area (Å²) in [6.07, 6.45) is 1.09. The largest absolute Gasteiger partial charge is 0.478 e. The zero-order chi connectivity index (χ0) is 16.5. The molecule has 0 aliphatic carbocycles. The Bertz CT molecular complexity index is 499. The molecule has 0 radical (unpaired) electrons. The first-order chi connectivity index (χ1) is 10.4. The van der Waals surface area contributed by atoms with Crippen LogP contribution in [0.4, 0.5) is 0 Å². The summed E-state index contributed by atoms with van der Waals surface area (Å²) in [6.45, 7) is 7.38. The summed E-state index contributed by atoms with van der Waals surface area (Å²) < 4.78 is 5.63. The average molecular weight is 307 g/mol. The predicted octanol–water partition coefficient (Wildman–Crippen LogP) is 2.49. The van der Waals surface area contributed by atoms with Crippen LogP contribution in [0.5, 0.6) is 0 Å². The summed E-state index contributed by atoms with van der Waals surface area (Å²) in [5.41, 5.74) is 0.893. The summed E-state index contributed by atoms with van der Waals surface area (Å²) in [5, 5.41) is 11.8. The van der Waals surface area contributed by atoms with Gasteiger partial charge in [0.1, 0.15) is 0 Å². The van der Waals surface area contributed by atoms with Crippen molar-refractivity contribution in [2.24, 2.45) is 5.92 Å². The molecule has 5 nitrogen and oxygen atoms in total. The molecule has 1 rings (SSSR count). The molecule has 0 saturated heterocycles. The monoisotopic (exact) mass is 307 g/mol. The van der Waals surface area contributed by atoms with E-state index in [9.17, 15) is 9.59 Å². The van der Waals surface area contributed by atoms with Crippen molar-refractivity contribution in [2.75, 3.05) is 13.2 Å². The highest BCUT2D eigenvalue weighted by molar-refractivity contribution is 5.88. The smallest absolute Gasteiger partial charge is 0.335 e. The van der Waals surface area contributed by atoms with Gasteiger partial charge in [-0.2, -0.15) is 0 Å². The average Bonchev–Trinajstić information content (AvgIpc) is 2.46. The lowest BCUT2D eigenvalue weighted by molar-refractivity contribution is -0.120. The molecule has 0 aliphatic heterocycles. The van der Waals surface area contributed by atoms with Crippen LogP contribution < -0.4 is 5.32 Å². The maximum atomic E-state index is 11.9. The lowest BCUT2D eigenvalue weighted by atomic mass is 10.0. The number of hydrogen-bond donors (Lipinski definition) is 2. The highest BCUT2D eigenvalue weighted by atomic mass is 16.5. The summed E-state index contributed by atoms with van der Waals surface area (Å²) >= 11 is 0. The zero-order valence-corrected chi connectivity index (χ0v) is 13.5. The maximum absolute atomic E-state index is 11.9. The Morgan fingerprint density at radius 3 is 2.64 bits per heavy atom. The molecule has 1 aromatic carbocycles. The van der Waals surface area contributed by atoms with Gasteiger partial charge in [0.05, 0.1) is 18.1 Å². The van der Waals surface area contributed by atoms with Gasteiger partial charge in [-0.25, -0.2) is 4.79 Å². The van der Waals surface area contributed by atoms with Crippen LogP contribution in [0.15, 0.2) is 24.3 Å². The molecule has 1 aromatic rings. The number of carboxylic acid groups (broad SMARTS) is 1. The van der Waals surface area contributed by atoms with Gasteiger partial charge in [-0.15, -0.1) is 0 Å². The van der Waals surface area contributed by atoms with Gasteiger partial charge in [0, 0.05) is 13.2 Å². The Labute approximate surface area is 131 Å². The minimum Gasteiger partial charge on any atom is -0.478 e. The van der Waals surface area contributed by atoms with Gasteiger partial charge in [-0.05, 0) is 37.0 Å². The Hall–Kier alpha value is -1.88. The SMILES string of the molecule is CCOC(CCNC(=O)Cc1cccc(C(=O)O)c1)C(C)C. The second-order valence-corrected chi connectivity index (χ2v) is 5.56. The first-order valence-electron chi connectivity index (χ1n) is 7.64. The topological polar surface area (TPSA) is 75.6 Å². The zero-order valence-electron chi connectivity index (χ0n) is 13.5. The fourth-order valence-electron chi connectivity index (χ4n) is 2.24. The van der Waals surface area contributed by atoms with Crippen molar-refractivity contribution in [1.29, 1.82) is 0 Å². The first-order valence-corrected chi connectivity index (χ1v) is 7.64. The van der Waals surface area contributed by atoms with Crippen LogP contribution in [-0.2, 0) is 16.0 Å². The van der Waals surface area contributed by atoms with Gasteiger partial charge in [0.15, 0.2) is 0 Å². The summed E-state index contributed by atoms with van der Waals surface area (Å²) in [4.78, 5) is 22.8.